The first kappa shape index (κ1) is 39.3. The largest absolute Gasteiger partial charge is 0.465 e. The smallest absolute Gasteiger partial charge is 0.405 e. The summed E-state index contributed by atoms with van der Waals surface area (Å²) in [7, 11) is 3.12. The van der Waals surface area contributed by atoms with Crippen molar-refractivity contribution in [3.05, 3.63) is 35.9 Å². The maximum absolute atomic E-state index is 13.0. The van der Waals surface area contributed by atoms with Gasteiger partial charge in [0.2, 0.25) is 5.91 Å². The number of ether oxygens (including phenoxy) is 2. The number of carbonyl (C=O) groups excluding carboxylic acids is 3. The number of amides is 2. The Morgan fingerprint density at radius 1 is 1.11 bits per heavy atom. The first-order chi connectivity index (χ1) is 21.8. The first-order valence-corrected chi connectivity index (χ1v) is 16.3. The Balaban J connectivity index is 2.22. The van der Waals surface area contributed by atoms with Crippen LogP contribution in [0.4, 0.5) is 4.79 Å². The van der Waals surface area contributed by atoms with Gasteiger partial charge >= 0.3 is 6.09 Å². The highest BCUT2D eigenvalue weighted by Crippen LogP contribution is 2.33. The molecule has 1 fully saturated rings. The summed E-state index contributed by atoms with van der Waals surface area (Å²) in [6, 6.07) is 7.25. The molecule has 2 rings (SSSR count). The van der Waals surface area contributed by atoms with E-state index < -0.39 is 54.0 Å². The van der Waals surface area contributed by atoms with E-state index in [9.17, 15) is 29.4 Å². The standard InChI is InChI=1S/C34H56N4O8/c1-9-22(4)26(17-35-32(42)28(21(2)3)36-33(43)44)30(45-7)27(19-39)38-16-15-25(18-38)31(46-8)34(6,20-40)37-23(5)29(41)24-13-11-10-12-14-24/h10-14,19-23,25-31,36-37,41H,9,15-18H2,1-8H3,(H,35,42)(H,43,44)/t22-,23+,25-,26+,27+,28?,29+,30+,31+,34-/m0/s1. The summed E-state index contributed by atoms with van der Waals surface area (Å²) < 4.78 is 11.9. The number of benzene rings is 1. The number of carboxylic acid groups (broad SMARTS) is 1. The predicted octanol–water partition coefficient (Wildman–Crippen LogP) is 2.65. The van der Waals surface area contributed by atoms with Gasteiger partial charge in [0.25, 0.3) is 0 Å². The van der Waals surface area contributed by atoms with Gasteiger partial charge in [0.05, 0.1) is 29.9 Å². The van der Waals surface area contributed by atoms with E-state index in [2.05, 4.69) is 16.0 Å². The van der Waals surface area contributed by atoms with Crippen molar-refractivity contribution in [2.75, 3.05) is 33.9 Å². The van der Waals surface area contributed by atoms with Gasteiger partial charge in [-0.25, -0.2) is 4.79 Å². The third-order valence-corrected chi connectivity index (χ3v) is 9.63. The number of likely N-dealkylation sites (tertiary alicyclic amines) is 1. The van der Waals surface area contributed by atoms with E-state index in [0.29, 0.717) is 19.5 Å². The molecule has 1 unspecified atom stereocenters. The lowest BCUT2D eigenvalue weighted by Gasteiger charge is -2.40. The van der Waals surface area contributed by atoms with Crippen molar-refractivity contribution in [3.63, 3.8) is 0 Å². The van der Waals surface area contributed by atoms with Gasteiger partial charge in [0, 0.05) is 45.2 Å². The number of nitrogens with one attached hydrogen (secondary N) is 3. The highest BCUT2D eigenvalue weighted by Gasteiger charge is 2.46. The summed E-state index contributed by atoms with van der Waals surface area (Å²) in [5.74, 6) is -0.969. The summed E-state index contributed by atoms with van der Waals surface area (Å²) in [4.78, 5) is 51.6. The van der Waals surface area contributed by atoms with Crippen molar-refractivity contribution in [2.45, 2.75) is 96.4 Å². The molecule has 1 aromatic rings. The zero-order chi connectivity index (χ0) is 34.6. The van der Waals surface area contributed by atoms with Crippen molar-refractivity contribution in [1.82, 2.24) is 20.9 Å². The summed E-state index contributed by atoms with van der Waals surface area (Å²) in [6.07, 6.45) is -0.0641. The van der Waals surface area contributed by atoms with E-state index in [0.717, 1.165) is 24.6 Å². The van der Waals surface area contributed by atoms with Crippen molar-refractivity contribution in [3.8, 4) is 0 Å². The molecule has 1 saturated heterocycles. The quantitative estimate of drug-likeness (QED) is 0.133. The van der Waals surface area contributed by atoms with Gasteiger partial charge in [-0.15, -0.1) is 0 Å². The fourth-order valence-corrected chi connectivity index (χ4v) is 6.83. The molecule has 0 bridgehead atoms. The Bertz CT molecular complexity index is 1110. The monoisotopic (exact) mass is 648 g/mol. The molecule has 46 heavy (non-hydrogen) atoms. The molecule has 0 aromatic heterocycles. The number of methoxy groups -OCH3 is 2. The van der Waals surface area contributed by atoms with Gasteiger partial charge in [0.15, 0.2) is 0 Å². The third kappa shape index (κ3) is 10.0. The molecule has 12 heteroatoms. The second-order valence-electron chi connectivity index (χ2n) is 13.2. The topological polar surface area (TPSA) is 167 Å². The molecule has 0 spiro atoms. The van der Waals surface area contributed by atoms with Crippen molar-refractivity contribution >= 4 is 24.6 Å². The number of aliphatic hydroxyl groups is 1. The molecule has 10 atom stereocenters. The predicted molar refractivity (Wildman–Crippen MR) is 175 cm³/mol. The SMILES string of the molecule is CC[C@H](C)[C@@H](CNC(=O)C(NC(=O)O)C(C)C)[C@@H](OC)[C@@H](C=O)N1CC[C@H]([C@@H](OC)[C@](C)(C=O)N[C@H](C)[C@@H](O)c2ccccc2)C1. The number of hydrogen-bond donors (Lipinski definition) is 5. The van der Waals surface area contributed by atoms with Crippen LogP contribution in [-0.2, 0) is 23.9 Å². The number of nitrogens with zero attached hydrogens (tertiary/aromatic N) is 1. The summed E-state index contributed by atoms with van der Waals surface area (Å²) >= 11 is 0. The molecule has 1 heterocycles. The number of hydrogen-bond acceptors (Lipinski definition) is 9. The number of aliphatic hydroxyl groups excluding tert-OH is 1. The highest BCUT2D eigenvalue weighted by atomic mass is 16.5. The molecule has 0 saturated carbocycles. The molecule has 12 nitrogen and oxygen atoms in total. The Labute approximate surface area is 274 Å². The highest BCUT2D eigenvalue weighted by molar-refractivity contribution is 5.85. The molecule has 1 aliphatic heterocycles. The van der Waals surface area contributed by atoms with Gasteiger partial charge in [0.1, 0.15) is 18.6 Å². The minimum atomic E-state index is -1.27. The lowest BCUT2D eigenvalue weighted by molar-refractivity contribution is -0.126. The van der Waals surface area contributed by atoms with Crippen LogP contribution in [-0.4, -0.2) is 109 Å². The van der Waals surface area contributed by atoms with Crippen molar-refractivity contribution in [1.29, 1.82) is 0 Å². The fraction of sp³-hybridized carbons (Fsp3) is 0.706. The maximum atomic E-state index is 13.0. The van der Waals surface area contributed by atoms with Crippen LogP contribution in [0.15, 0.2) is 30.3 Å². The molecule has 1 aromatic carbocycles. The average molecular weight is 649 g/mol. The maximum Gasteiger partial charge on any atom is 0.405 e. The van der Waals surface area contributed by atoms with Crippen LogP contribution in [0.25, 0.3) is 0 Å². The van der Waals surface area contributed by atoms with Gasteiger partial charge in [-0.1, -0.05) is 64.4 Å². The second kappa shape index (κ2) is 18.4. The van der Waals surface area contributed by atoms with Gasteiger partial charge < -0.3 is 39.9 Å². The van der Waals surface area contributed by atoms with E-state index >= 15 is 0 Å². The average Bonchev–Trinajstić information content (AvgIpc) is 3.51. The van der Waals surface area contributed by atoms with E-state index in [1.807, 2.05) is 56.0 Å². The van der Waals surface area contributed by atoms with Crippen LogP contribution < -0.4 is 16.0 Å². The molecule has 5 N–H and O–H groups in total. The first-order valence-electron chi connectivity index (χ1n) is 16.3. The molecule has 0 aliphatic carbocycles. The Hall–Kier alpha value is -2.90. The van der Waals surface area contributed by atoms with Crippen LogP contribution >= 0.6 is 0 Å². The summed E-state index contributed by atoms with van der Waals surface area (Å²) in [5, 5.41) is 28.7. The number of carbonyl (C=O) groups is 4. The van der Waals surface area contributed by atoms with Crippen LogP contribution in [0.2, 0.25) is 0 Å². The lowest BCUT2D eigenvalue weighted by Crippen LogP contribution is -2.61. The molecule has 2 amide bonds. The number of rotatable bonds is 20. The van der Waals surface area contributed by atoms with E-state index in [-0.39, 0.29) is 30.2 Å². The lowest BCUT2D eigenvalue weighted by atomic mass is 9.83. The van der Waals surface area contributed by atoms with Crippen LogP contribution in [0.5, 0.6) is 0 Å². The molecule has 0 radical (unpaired) electrons. The fourth-order valence-electron chi connectivity index (χ4n) is 6.83. The van der Waals surface area contributed by atoms with Gasteiger partial charge in [-0.3, -0.25) is 15.0 Å². The van der Waals surface area contributed by atoms with E-state index in [4.69, 9.17) is 9.47 Å². The Morgan fingerprint density at radius 3 is 2.26 bits per heavy atom. The van der Waals surface area contributed by atoms with E-state index in [1.54, 1.807) is 35.0 Å². The van der Waals surface area contributed by atoms with Crippen LogP contribution in [0, 0.1) is 23.7 Å². The zero-order valence-electron chi connectivity index (χ0n) is 28.6. The normalized spacial score (nSPS) is 22.0. The minimum Gasteiger partial charge on any atom is -0.465 e. The van der Waals surface area contributed by atoms with Crippen LogP contribution in [0.1, 0.15) is 66.1 Å². The van der Waals surface area contributed by atoms with Crippen molar-refractivity contribution in [2.24, 2.45) is 23.7 Å². The Morgan fingerprint density at radius 2 is 1.76 bits per heavy atom. The second-order valence-corrected chi connectivity index (χ2v) is 13.2. The Kier molecular flexibility index (Phi) is 15.7. The molecular weight excluding hydrogens is 592 g/mol. The van der Waals surface area contributed by atoms with Crippen molar-refractivity contribution < 1.29 is 38.9 Å². The molecular formula is C34H56N4O8. The number of aldehydes is 2. The minimum absolute atomic E-state index is 0.0721. The third-order valence-electron chi connectivity index (χ3n) is 9.63. The van der Waals surface area contributed by atoms with Crippen LogP contribution in [0.3, 0.4) is 0 Å². The van der Waals surface area contributed by atoms with Gasteiger partial charge in [-0.2, -0.15) is 0 Å². The van der Waals surface area contributed by atoms with E-state index in [1.165, 1.54) is 0 Å². The van der Waals surface area contributed by atoms with Gasteiger partial charge in [-0.05, 0) is 44.2 Å². The molecule has 1 aliphatic rings. The summed E-state index contributed by atoms with van der Waals surface area (Å²) in [5.41, 5.74) is -0.385. The zero-order valence-corrected chi connectivity index (χ0v) is 28.6. The molecule has 260 valence electrons. The summed E-state index contributed by atoms with van der Waals surface area (Å²) in [6.45, 7) is 12.4.